The Hall–Kier alpha value is -1.10. The van der Waals surface area contributed by atoms with Gasteiger partial charge in [-0.15, -0.1) is 0 Å². The van der Waals surface area contributed by atoms with Gasteiger partial charge in [0.05, 0.1) is 18.4 Å². The predicted octanol–water partition coefficient (Wildman–Crippen LogP) is 0.879. The van der Waals surface area contributed by atoms with Gasteiger partial charge in [-0.2, -0.15) is 0 Å². The number of piperidine rings is 1. The fourth-order valence-corrected chi connectivity index (χ4v) is 2.51. The van der Waals surface area contributed by atoms with Crippen molar-refractivity contribution in [2.24, 2.45) is 5.92 Å². The van der Waals surface area contributed by atoms with Crippen LogP contribution >= 0.6 is 0 Å². The molecule has 1 atom stereocenters. The third-order valence-electron chi connectivity index (χ3n) is 3.62. The first-order chi connectivity index (χ1) is 8.16. The summed E-state index contributed by atoms with van der Waals surface area (Å²) < 4.78 is 5.43. The van der Waals surface area contributed by atoms with Crippen molar-refractivity contribution in [2.45, 2.75) is 38.2 Å². The van der Waals surface area contributed by atoms with Gasteiger partial charge < -0.3 is 14.7 Å². The van der Waals surface area contributed by atoms with E-state index in [1.807, 2.05) is 0 Å². The van der Waals surface area contributed by atoms with Gasteiger partial charge in [0.15, 0.2) is 0 Å². The van der Waals surface area contributed by atoms with Gasteiger partial charge in [-0.3, -0.25) is 9.59 Å². The molecule has 0 bridgehead atoms. The molecule has 1 unspecified atom stereocenters. The molecule has 1 amide bonds. The molecule has 0 radical (unpaired) electrons. The van der Waals surface area contributed by atoms with Crippen LogP contribution in [-0.4, -0.2) is 47.7 Å². The van der Waals surface area contributed by atoms with Gasteiger partial charge in [0, 0.05) is 19.7 Å². The SMILES string of the molecule is O=C(O)C1CCN(C(=O)CC2CCCO2)CC1. The monoisotopic (exact) mass is 241 g/mol. The molecule has 2 rings (SSSR count). The summed E-state index contributed by atoms with van der Waals surface area (Å²) in [5, 5.41) is 8.87. The third-order valence-corrected chi connectivity index (χ3v) is 3.62. The highest BCUT2D eigenvalue weighted by Gasteiger charge is 2.28. The predicted molar refractivity (Wildman–Crippen MR) is 60.5 cm³/mol. The molecule has 2 saturated heterocycles. The number of hydrogen-bond acceptors (Lipinski definition) is 3. The maximum absolute atomic E-state index is 11.9. The number of carboxylic acids is 1. The van der Waals surface area contributed by atoms with Crippen LogP contribution in [0, 0.1) is 5.92 Å². The van der Waals surface area contributed by atoms with Gasteiger partial charge in [-0.1, -0.05) is 0 Å². The molecule has 1 N–H and O–H groups in total. The lowest BCUT2D eigenvalue weighted by atomic mass is 9.97. The van der Waals surface area contributed by atoms with Crippen LogP contribution in [0.3, 0.4) is 0 Å². The maximum atomic E-state index is 11.9. The van der Waals surface area contributed by atoms with Crippen molar-refractivity contribution in [1.29, 1.82) is 0 Å². The molecule has 5 nitrogen and oxygen atoms in total. The average molecular weight is 241 g/mol. The summed E-state index contributed by atoms with van der Waals surface area (Å²) in [6, 6.07) is 0. The average Bonchev–Trinajstić information content (AvgIpc) is 2.82. The van der Waals surface area contributed by atoms with E-state index < -0.39 is 5.97 Å². The quantitative estimate of drug-likeness (QED) is 0.796. The highest BCUT2D eigenvalue weighted by molar-refractivity contribution is 5.77. The van der Waals surface area contributed by atoms with Gasteiger partial charge in [0.1, 0.15) is 0 Å². The fraction of sp³-hybridized carbons (Fsp3) is 0.833. The lowest BCUT2D eigenvalue weighted by Crippen LogP contribution is -2.41. The summed E-state index contributed by atoms with van der Waals surface area (Å²) in [5.74, 6) is -0.904. The number of amides is 1. The molecule has 2 heterocycles. The second kappa shape index (κ2) is 5.49. The van der Waals surface area contributed by atoms with Crippen molar-refractivity contribution >= 4 is 11.9 Å². The van der Waals surface area contributed by atoms with Crippen LogP contribution in [0.1, 0.15) is 32.1 Å². The molecule has 0 aliphatic carbocycles. The van der Waals surface area contributed by atoms with E-state index in [2.05, 4.69) is 0 Å². The minimum Gasteiger partial charge on any atom is -0.481 e. The molecule has 2 aliphatic rings. The maximum Gasteiger partial charge on any atom is 0.306 e. The molecule has 0 aromatic carbocycles. The van der Waals surface area contributed by atoms with E-state index >= 15 is 0 Å². The highest BCUT2D eigenvalue weighted by Crippen LogP contribution is 2.21. The largest absolute Gasteiger partial charge is 0.481 e. The number of aliphatic carboxylic acids is 1. The van der Waals surface area contributed by atoms with Crippen molar-refractivity contribution < 1.29 is 19.4 Å². The topological polar surface area (TPSA) is 66.8 Å². The summed E-state index contributed by atoms with van der Waals surface area (Å²) in [6.07, 6.45) is 3.70. The van der Waals surface area contributed by atoms with Crippen molar-refractivity contribution in [3.63, 3.8) is 0 Å². The second-order valence-corrected chi connectivity index (χ2v) is 4.83. The van der Waals surface area contributed by atoms with Gasteiger partial charge in [0.2, 0.25) is 5.91 Å². The molecular weight excluding hydrogens is 222 g/mol. The molecule has 5 heteroatoms. The Balaban J connectivity index is 1.75. The van der Waals surface area contributed by atoms with Gasteiger partial charge >= 0.3 is 5.97 Å². The van der Waals surface area contributed by atoms with Crippen molar-refractivity contribution in [2.75, 3.05) is 19.7 Å². The molecule has 17 heavy (non-hydrogen) atoms. The van der Waals surface area contributed by atoms with E-state index in [0.717, 1.165) is 19.4 Å². The summed E-state index contributed by atoms with van der Waals surface area (Å²) in [5.41, 5.74) is 0. The Kier molecular flexibility index (Phi) is 3.99. The number of hydrogen-bond donors (Lipinski definition) is 1. The molecule has 0 saturated carbocycles. The third kappa shape index (κ3) is 3.19. The van der Waals surface area contributed by atoms with E-state index in [4.69, 9.17) is 9.84 Å². The highest BCUT2D eigenvalue weighted by atomic mass is 16.5. The zero-order valence-electron chi connectivity index (χ0n) is 9.93. The number of likely N-dealkylation sites (tertiary alicyclic amines) is 1. The molecular formula is C12H19NO4. The van der Waals surface area contributed by atoms with E-state index in [0.29, 0.717) is 32.4 Å². The lowest BCUT2D eigenvalue weighted by Gasteiger charge is -2.30. The number of ether oxygens (including phenoxy) is 1. The van der Waals surface area contributed by atoms with Crippen LogP contribution in [0.5, 0.6) is 0 Å². The Bertz CT molecular complexity index is 291. The summed E-state index contributed by atoms with van der Waals surface area (Å²) in [4.78, 5) is 24.5. The van der Waals surface area contributed by atoms with E-state index in [1.54, 1.807) is 4.90 Å². The Labute approximate surface area is 101 Å². The lowest BCUT2D eigenvalue weighted by molar-refractivity contribution is -0.146. The first kappa shape index (κ1) is 12.4. The number of rotatable bonds is 3. The Morgan fingerprint density at radius 3 is 2.47 bits per heavy atom. The fourth-order valence-electron chi connectivity index (χ4n) is 2.51. The van der Waals surface area contributed by atoms with Crippen LogP contribution in [-0.2, 0) is 14.3 Å². The standard InChI is InChI=1S/C12H19NO4/c14-11(8-10-2-1-7-17-10)13-5-3-9(4-6-13)12(15)16/h9-10H,1-8H2,(H,15,16). The Morgan fingerprint density at radius 1 is 1.24 bits per heavy atom. The first-order valence-corrected chi connectivity index (χ1v) is 6.29. The smallest absolute Gasteiger partial charge is 0.306 e. The van der Waals surface area contributed by atoms with Gasteiger partial charge in [-0.25, -0.2) is 0 Å². The van der Waals surface area contributed by atoms with Crippen LogP contribution in [0.2, 0.25) is 0 Å². The number of carbonyl (C=O) groups excluding carboxylic acids is 1. The normalized spacial score (nSPS) is 26.1. The van der Waals surface area contributed by atoms with Crippen molar-refractivity contribution in [1.82, 2.24) is 4.90 Å². The van der Waals surface area contributed by atoms with Crippen molar-refractivity contribution in [3.05, 3.63) is 0 Å². The minimum atomic E-state index is -0.740. The molecule has 96 valence electrons. The molecule has 2 aliphatic heterocycles. The second-order valence-electron chi connectivity index (χ2n) is 4.83. The Morgan fingerprint density at radius 2 is 1.94 bits per heavy atom. The van der Waals surface area contributed by atoms with Crippen LogP contribution in [0.25, 0.3) is 0 Å². The summed E-state index contributed by atoms with van der Waals surface area (Å²) in [7, 11) is 0. The molecule has 2 fully saturated rings. The molecule has 0 aromatic heterocycles. The molecule has 0 spiro atoms. The summed E-state index contributed by atoms with van der Waals surface area (Å²) >= 11 is 0. The van der Waals surface area contributed by atoms with Crippen LogP contribution in [0.4, 0.5) is 0 Å². The van der Waals surface area contributed by atoms with Crippen molar-refractivity contribution in [3.8, 4) is 0 Å². The zero-order chi connectivity index (χ0) is 12.3. The van der Waals surface area contributed by atoms with Gasteiger partial charge in [-0.05, 0) is 25.7 Å². The van der Waals surface area contributed by atoms with Crippen LogP contribution < -0.4 is 0 Å². The van der Waals surface area contributed by atoms with E-state index in [9.17, 15) is 9.59 Å². The van der Waals surface area contributed by atoms with E-state index in [-0.39, 0.29) is 17.9 Å². The number of nitrogens with zero attached hydrogens (tertiary/aromatic N) is 1. The first-order valence-electron chi connectivity index (χ1n) is 6.29. The minimum absolute atomic E-state index is 0.0831. The molecule has 0 aromatic rings. The number of carbonyl (C=O) groups is 2. The van der Waals surface area contributed by atoms with Gasteiger partial charge in [0.25, 0.3) is 0 Å². The zero-order valence-corrected chi connectivity index (χ0v) is 9.93. The van der Waals surface area contributed by atoms with E-state index in [1.165, 1.54) is 0 Å². The summed E-state index contributed by atoms with van der Waals surface area (Å²) in [6.45, 7) is 1.91. The van der Waals surface area contributed by atoms with Crippen LogP contribution in [0.15, 0.2) is 0 Å². The number of carboxylic acid groups (broad SMARTS) is 1.